The highest BCUT2D eigenvalue weighted by Crippen LogP contribution is 2.29. The van der Waals surface area contributed by atoms with Crippen molar-refractivity contribution in [2.75, 3.05) is 0 Å². The van der Waals surface area contributed by atoms with Crippen LogP contribution in [0.3, 0.4) is 0 Å². The number of rotatable bonds is 1. The van der Waals surface area contributed by atoms with E-state index in [1.165, 1.54) is 12.1 Å². The predicted molar refractivity (Wildman–Crippen MR) is 54.1 cm³/mol. The standard InChI is InChI=1S/C11H10NO2/c1-2-7-6-12-10-5-8(13)3-4-9(10)11(7)14/h3-6,13H,1-2H2,(H,12,14). The monoisotopic (exact) mass is 188 g/mol. The molecule has 1 aromatic carbocycles. The van der Waals surface area contributed by atoms with Crippen molar-refractivity contribution in [2.24, 2.45) is 0 Å². The number of hydrogen-bond donors (Lipinski definition) is 2. The Kier molecular flexibility index (Phi) is 2.00. The molecule has 2 N–H and O–H groups in total. The summed E-state index contributed by atoms with van der Waals surface area (Å²) < 4.78 is 0. The molecular formula is C11H10NO2. The number of phenolic OH excluding ortho intramolecular Hbond substituents is 1. The maximum Gasteiger partial charge on any atom is 0.129 e. The molecule has 14 heavy (non-hydrogen) atoms. The van der Waals surface area contributed by atoms with Crippen LogP contribution < -0.4 is 0 Å². The SMILES string of the molecule is [CH2]Cc1cnc2cc(O)ccc2c1O. The van der Waals surface area contributed by atoms with Crippen molar-refractivity contribution in [3.63, 3.8) is 0 Å². The van der Waals surface area contributed by atoms with Crippen molar-refractivity contribution in [1.82, 2.24) is 4.98 Å². The summed E-state index contributed by atoms with van der Waals surface area (Å²) in [5.41, 5.74) is 1.29. The van der Waals surface area contributed by atoms with Crippen LogP contribution in [0.5, 0.6) is 11.5 Å². The van der Waals surface area contributed by atoms with Crippen LogP contribution in [0.1, 0.15) is 5.56 Å². The maximum absolute atomic E-state index is 9.78. The molecule has 2 rings (SSSR count). The topological polar surface area (TPSA) is 53.4 Å². The van der Waals surface area contributed by atoms with E-state index in [0.717, 1.165) is 0 Å². The number of aromatic nitrogens is 1. The molecule has 2 aromatic rings. The van der Waals surface area contributed by atoms with Gasteiger partial charge < -0.3 is 10.2 Å². The van der Waals surface area contributed by atoms with Gasteiger partial charge in [-0.3, -0.25) is 4.98 Å². The molecule has 0 aliphatic heterocycles. The molecule has 1 aromatic heterocycles. The van der Waals surface area contributed by atoms with Crippen LogP contribution in [0.4, 0.5) is 0 Å². The second kappa shape index (κ2) is 3.18. The Balaban J connectivity index is 2.77. The van der Waals surface area contributed by atoms with Crippen LogP contribution in [0, 0.1) is 6.92 Å². The Morgan fingerprint density at radius 1 is 1.29 bits per heavy atom. The number of phenols is 1. The number of fused-ring (bicyclic) bond motifs is 1. The minimum absolute atomic E-state index is 0.145. The molecule has 0 unspecified atom stereocenters. The highest BCUT2D eigenvalue weighted by atomic mass is 16.3. The molecule has 0 aliphatic carbocycles. The molecule has 1 heterocycles. The lowest BCUT2D eigenvalue weighted by Gasteiger charge is -2.05. The first-order chi connectivity index (χ1) is 6.72. The minimum Gasteiger partial charge on any atom is -0.508 e. The van der Waals surface area contributed by atoms with Gasteiger partial charge in [0.1, 0.15) is 11.5 Å². The Labute approximate surface area is 81.7 Å². The van der Waals surface area contributed by atoms with Crippen molar-refractivity contribution in [3.05, 3.63) is 36.9 Å². The first-order valence-electron chi connectivity index (χ1n) is 4.31. The number of nitrogens with zero attached hydrogens (tertiary/aromatic N) is 1. The van der Waals surface area contributed by atoms with E-state index in [4.69, 9.17) is 0 Å². The molecule has 0 amide bonds. The van der Waals surface area contributed by atoms with Crippen molar-refractivity contribution in [1.29, 1.82) is 0 Å². The first kappa shape index (κ1) is 8.81. The zero-order valence-electron chi connectivity index (χ0n) is 7.57. The van der Waals surface area contributed by atoms with E-state index in [-0.39, 0.29) is 11.5 Å². The second-order valence-electron chi connectivity index (χ2n) is 3.08. The molecule has 0 aliphatic rings. The zero-order valence-corrected chi connectivity index (χ0v) is 7.57. The van der Waals surface area contributed by atoms with E-state index < -0.39 is 0 Å². The molecule has 0 saturated carbocycles. The number of aromatic hydroxyl groups is 2. The predicted octanol–water partition coefficient (Wildman–Crippen LogP) is 2.02. The van der Waals surface area contributed by atoms with Crippen LogP contribution in [0.25, 0.3) is 10.9 Å². The molecule has 0 atom stereocenters. The van der Waals surface area contributed by atoms with Gasteiger partial charge in [0.15, 0.2) is 0 Å². The van der Waals surface area contributed by atoms with Gasteiger partial charge >= 0.3 is 0 Å². The average Bonchev–Trinajstić information content (AvgIpc) is 2.18. The van der Waals surface area contributed by atoms with E-state index in [0.29, 0.717) is 22.9 Å². The summed E-state index contributed by atoms with van der Waals surface area (Å²) in [5, 5.41) is 19.6. The molecule has 71 valence electrons. The van der Waals surface area contributed by atoms with Gasteiger partial charge in [0, 0.05) is 23.2 Å². The van der Waals surface area contributed by atoms with E-state index in [9.17, 15) is 10.2 Å². The average molecular weight is 188 g/mol. The fourth-order valence-corrected chi connectivity index (χ4v) is 1.39. The van der Waals surface area contributed by atoms with Gasteiger partial charge in [-0.2, -0.15) is 0 Å². The summed E-state index contributed by atoms with van der Waals surface area (Å²) in [6.07, 6.45) is 2.07. The summed E-state index contributed by atoms with van der Waals surface area (Å²) in [4.78, 5) is 4.11. The van der Waals surface area contributed by atoms with Gasteiger partial charge in [-0.25, -0.2) is 0 Å². The lowest BCUT2D eigenvalue weighted by Crippen LogP contribution is -1.86. The Morgan fingerprint density at radius 2 is 2.07 bits per heavy atom. The normalized spacial score (nSPS) is 10.6. The van der Waals surface area contributed by atoms with E-state index in [1.807, 2.05) is 0 Å². The Morgan fingerprint density at radius 3 is 2.79 bits per heavy atom. The van der Waals surface area contributed by atoms with E-state index >= 15 is 0 Å². The van der Waals surface area contributed by atoms with Gasteiger partial charge in [0.05, 0.1) is 5.52 Å². The van der Waals surface area contributed by atoms with Crippen LogP contribution in [-0.2, 0) is 6.42 Å². The fraction of sp³-hybridized carbons (Fsp3) is 0.0909. The van der Waals surface area contributed by atoms with Gasteiger partial charge in [-0.05, 0) is 25.5 Å². The summed E-state index contributed by atoms with van der Waals surface area (Å²) in [5.74, 6) is 0.344. The lowest BCUT2D eigenvalue weighted by atomic mass is 10.1. The van der Waals surface area contributed by atoms with Gasteiger partial charge in [-0.1, -0.05) is 0 Å². The van der Waals surface area contributed by atoms with Crippen LogP contribution in [0.2, 0.25) is 0 Å². The molecule has 1 radical (unpaired) electrons. The molecule has 0 bridgehead atoms. The third-order valence-corrected chi connectivity index (χ3v) is 2.17. The van der Waals surface area contributed by atoms with Crippen molar-refractivity contribution in [3.8, 4) is 11.5 Å². The second-order valence-corrected chi connectivity index (χ2v) is 3.08. The molecular weight excluding hydrogens is 178 g/mol. The highest BCUT2D eigenvalue weighted by molar-refractivity contribution is 5.86. The lowest BCUT2D eigenvalue weighted by molar-refractivity contribution is 0.472. The summed E-state index contributed by atoms with van der Waals surface area (Å²) in [6, 6.07) is 4.69. The van der Waals surface area contributed by atoms with Gasteiger partial charge in [-0.15, -0.1) is 0 Å². The number of hydrogen-bond acceptors (Lipinski definition) is 3. The van der Waals surface area contributed by atoms with Gasteiger partial charge in [0.25, 0.3) is 0 Å². The van der Waals surface area contributed by atoms with Crippen LogP contribution in [0.15, 0.2) is 24.4 Å². The first-order valence-corrected chi connectivity index (χ1v) is 4.31. The summed E-state index contributed by atoms with van der Waals surface area (Å²) >= 11 is 0. The third-order valence-electron chi connectivity index (χ3n) is 2.17. The highest BCUT2D eigenvalue weighted by Gasteiger charge is 2.06. The van der Waals surface area contributed by atoms with Gasteiger partial charge in [0.2, 0.25) is 0 Å². The molecule has 0 saturated heterocycles. The summed E-state index contributed by atoms with van der Waals surface area (Å²) in [6.45, 7) is 3.69. The van der Waals surface area contributed by atoms with Crippen molar-refractivity contribution in [2.45, 2.75) is 6.42 Å². The Hall–Kier alpha value is -1.77. The third kappa shape index (κ3) is 1.27. The van der Waals surface area contributed by atoms with Crippen LogP contribution >= 0.6 is 0 Å². The quantitative estimate of drug-likeness (QED) is 0.719. The molecule has 3 heteroatoms. The Bertz CT molecular complexity index is 480. The number of pyridine rings is 1. The maximum atomic E-state index is 9.78. The summed E-state index contributed by atoms with van der Waals surface area (Å²) in [7, 11) is 0. The minimum atomic E-state index is 0.145. The van der Waals surface area contributed by atoms with Crippen LogP contribution in [-0.4, -0.2) is 15.2 Å². The number of benzene rings is 1. The molecule has 3 nitrogen and oxygen atoms in total. The van der Waals surface area contributed by atoms with E-state index in [2.05, 4.69) is 11.9 Å². The van der Waals surface area contributed by atoms with Crippen molar-refractivity contribution >= 4 is 10.9 Å². The molecule has 0 spiro atoms. The molecule has 0 fully saturated rings. The van der Waals surface area contributed by atoms with Crippen molar-refractivity contribution < 1.29 is 10.2 Å². The largest absolute Gasteiger partial charge is 0.508 e. The fourth-order valence-electron chi connectivity index (χ4n) is 1.39. The zero-order chi connectivity index (χ0) is 10.1. The van der Waals surface area contributed by atoms with E-state index in [1.54, 1.807) is 12.3 Å². The smallest absolute Gasteiger partial charge is 0.129 e.